The van der Waals surface area contributed by atoms with Crippen molar-refractivity contribution in [1.29, 1.82) is 0 Å². The van der Waals surface area contributed by atoms with Crippen molar-refractivity contribution < 1.29 is 0 Å². The predicted molar refractivity (Wildman–Crippen MR) is 74.3 cm³/mol. The Morgan fingerprint density at radius 1 is 1.24 bits per heavy atom. The fraction of sp³-hybridized carbons (Fsp3) is 0.625. The van der Waals surface area contributed by atoms with Crippen molar-refractivity contribution in [3.05, 3.63) is 35.9 Å². The number of benzene rings is 1. The first kappa shape index (κ1) is 12.6. The summed E-state index contributed by atoms with van der Waals surface area (Å²) in [5, 5.41) is 3.73. The summed E-state index contributed by atoms with van der Waals surface area (Å²) in [6, 6.07) is 11.7. The average Bonchev–Trinajstić information content (AvgIpc) is 2.41. The highest BCUT2D eigenvalue weighted by atomic mass is 14.9. The number of hydrogen-bond donors (Lipinski definition) is 1. The van der Waals surface area contributed by atoms with Gasteiger partial charge in [0, 0.05) is 12.0 Å². The van der Waals surface area contributed by atoms with Crippen LogP contribution >= 0.6 is 0 Å². The molecule has 1 aromatic carbocycles. The summed E-state index contributed by atoms with van der Waals surface area (Å²) in [6.07, 6.45) is 5.33. The van der Waals surface area contributed by atoms with Crippen molar-refractivity contribution in [2.75, 3.05) is 6.54 Å². The number of nitrogens with one attached hydrogen (secondary N) is 1. The second kappa shape index (κ2) is 6.20. The predicted octanol–water partition coefficient (Wildman–Crippen LogP) is 3.96. The van der Waals surface area contributed by atoms with E-state index in [0.717, 1.165) is 5.92 Å². The standard InChI is InChI=1S/C16H25N/c1-3-13(2)16(14-9-5-4-6-10-14)15-11-7-8-12-17-15/h4-6,9-10,13,15-17H,3,7-8,11-12H2,1-2H3. The van der Waals surface area contributed by atoms with Gasteiger partial charge in [-0.3, -0.25) is 0 Å². The summed E-state index contributed by atoms with van der Waals surface area (Å²) in [4.78, 5) is 0. The average molecular weight is 231 g/mol. The van der Waals surface area contributed by atoms with E-state index >= 15 is 0 Å². The van der Waals surface area contributed by atoms with Crippen molar-refractivity contribution in [2.45, 2.75) is 51.5 Å². The van der Waals surface area contributed by atoms with E-state index in [1.807, 2.05) is 0 Å². The van der Waals surface area contributed by atoms with Crippen LogP contribution in [0.5, 0.6) is 0 Å². The van der Waals surface area contributed by atoms with Gasteiger partial charge in [-0.25, -0.2) is 0 Å². The molecule has 0 radical (unpaired) electrons. The largest absolute Gasteiger partial charge is 0.313 e. The highest BCUT2D eigenvalue weighted by Gasteiger charge is 2.28. The molecule has 3 atom stereocenters. The molecule has 94 valence electrons. The zero-order chi connectivity index (χ0) is 12.1. The third kappa shape index (κ3) is 3.10. The van der Waals surface area contributed by atoms with E-state index < -0.39 is 0 Å². The Bertz CT molecular complexity index is 314. The van der Waals surface area contributed by atoms with Gasteiger partial charge >= 0.3 is 0 Å². The van der Waals surface area contributed by atoms with Gasteiger partial charge in [0.1, 0.15) is 0 Å². The Labute approximate surface area is 106 Å². The lowest BCUT2D eigenvalue weighted by Crippen LogP contribution is -2.41. The van der Waals surface area contributed by atoms with Gasteiger partial charge in [0.05, 0.1) is 0 Å². The maximum Gasteiger partial charge on any atom is 0.0138 e. The molecule has 1 aliphatic rings. The topological polar surface area (TPSA) is 12.0 Å². The van der Waals surface area contributed by atoms with Gasteiger partial charge in [0.15, 0.2) is 0 Å². The molecule has 17 heavy (non-hydrogen) atoms. The van der Waals surface area contributed by atoms with Crippen LogP contribution in [0.2, 0.25) is 0 Å². The monoisotopic (exact) mass is 231 g/mol. The Morgan fingerprint density at radius 3 is 2.59 bits per heavy atom. The normalized spacial score (nSPS) is 24.2. The minimum absolute atomic E-state index is 0.682. The fourth-order valence-electron chi connectivity index (χ4n) is 3.07. The highest BCUT2D eigenvalue weighted by Crippen LogP contribution is 2.33. The number of piperidine rings is 1. The molecule has 0 spiro atoms. The smallest absolute Gasteiger partial charge is 0.0138 e. The molecule has 1 heterocycles. The lowest BCUT2D eigenvalue weighted by molar-refractivity contribution is 0.288. The maximum absolute atomic E-state index is 3.73. The molecular formula is C16H25N. The molecule has 0 aliphatic carbocycles. The van der Waals surface area contributed by atoms with Gasteiger partial charge in [0.25, 0.3) is 0 Å². The van der Waals surface area contributed by atoms with Crippen molar-refractivity contribution in [1.82, 2.24) is 5.32 Å². The Morgan fingerprint density at radius 2 is 2.00 bits per heavy atom. The molecule has 0 amide bonds. The quantitative estimate of drug-likeness (QED) is 0.827. The van der Waals surface area contributed by atoms with Crippen LogP contribution in [-0.4, -0.2) is 12.6 Å². The van der Waals surface area contributed by atoms with Gasteiger partial charge in [-0.1, -0.05) is 57.0 Å². The molecule has 1 N–H and O–H groups in total. The van der Waals surface area contributed by atoms with E-state index in [-0.39, 0.29) is 0 Å². The molecule has 1 saturated heterocycles. The second-order valence-corrected chi connectivity index (χ2v) is 5.38. The van der Waals surface area contributed by atoms with Gasteiger partial charge < -0.3 is 5.32 Å². The number of hydrogen-bond acceptors (Lipinski definition) is 1. The van der Waals surface area contributed by atoms with Crippen molar-refractivity contribution >= 4 is 0 Å². The molecule has 1 aliphatic heterocycles. The SMILES string of the molecule is CCC(C)C(c1ccccc1)C1CCCCN1. The van der Waals surface area contributed by atoms with Crippen LogP contribution in [0.1, 0.15) is 51.0 Å². The summed E-state index contributed by atoms with van der Waals surface area (Å²) < 4.78 is 0. The van der Waals surface area contributed by atoms with E-state index in [9.17, 15) is 0 Å². The zero-order valence-electron chi connectivity index (χ0n) is 11.2. The Kier molecular flexibility index (Phi) is 4.61. The van der Waals surface area contributed by atoms with Gasteiger partial charge in [-0.2, -0.15) is 0 Å². The first-order valence-corrected chi connectivity index (χ1v) is 7.11. The van der Waals surface area contributed by atoms with Crippen LogP contribution in [0.15, 0.2) is 30.3 Å². The highest BCUT2D eigenvalue weighted by molar-refractivity contribution is 5.22. The molecule has 0 bridgehead atoms. The van der Waals surface area contributed by atoms with E-state index in [1.54, 1.807) is 0 Å². The Hall–Kier alpha value is -0.820. The van der Waals surface area contributed by atoms with E-state index in [0.29, 0.717) is 12.0 Å². The van der Waals surface area contributed by atoms with Crippen LogP contribution in [0.3, 0.4) is 0 Å². The van der Waals surface area contributed by atoms with E-state index in [4.69, 9.17) is 0 Å². The van der Waals surface area contributed by atoms with Crippen LogP contribution in [0, 0.1) is 5.92 Å². The van der Waals surface area contributed by atoms with Crippen LogP contribution < -0.4 is 5.32 Å². The van der Waals surface area contributed by atoms with Crippen LogP contribution in [0.4, 0.5) is 0 Å². The first-order valence-electron chi connectivity index (χ1n) is 7.11. The van der Waals surface area contributed by atoms with Crippen molar-refractivity contribution in [3.8, 4) is 0 Å². The molecule has 3 unspecified atom stereocenters. The minimum Gasteiger partial charge on any atom is -0.313 e. The van der Waals surface area contributed by atoms with Crippen LogP contribution in [-0.2, 0) is 0 Å². The lowest BCUT2D eigenvalue weighted by Gasteiger charge is -2.35. The van der Waals surface area contributed by atoms with Crippen molar-refractivity contribution in [2.24, 2.45) is 5.92 Å². The lowest BCUT2D eigenvalue weighted by atomic mass is 9.77. The Balaban J connectivity index is 2.18. The van der Waals surface area contributed by atoms with E-state index in [2.05, 4.69) is 49.5 Å². The molecule has 1 aromatic rings. The first-order chi connectivity index (χ1) is 8.33. The minimum atomic E-state index is 0.682. The number of rotatable bonds is 4. The van der Waals surface area contributed by atoms with Gasteiger partial charge in [-0.15, -0.1) is 0 Å². The summed E-state index contributed by atoms with van der Waals surface area (Å²) >= 11 is 0. The summed E-state index contributed by atoms with van der Waals surface area (Å²) in [5.41, 5.74) is 1.52. The molecular weight excluding hydrogens is 206 g/mol. The summed E-state index contributed by atoms with van der Waals surface area (Å²) in [5.74, 6) is 1.44. The van der Waals surface area contributed by atoms with Crippen LogP contribution in [0.25, 0.3) is 0 Å². The summed E-state index contributed by atoms with van der Waals surface area (Å²) in [7, 11) is 0. The van der Waals surface area contributed by atoms with Crippen molar-refractivity contribution in [3.63, 3.8) is 0 Å². The van der Waals surface area contributed by atoms with Gasteiger partial charge in [0.2, 0.25) is 0 Å². The third-order valence-corrected chi connectivity index (χ3v) is 4.22. The molecule has 1 nitrogen and oxygen atoms in total. The molecule has 1 heteroatoms. The molecule has 2 rings (SSSR count). The summed E-state index contributed by atoms with van der Waals surface area (Å²) in [6.45, 7) is 5.90. The fourth-order valence-corrected chi connectivity index (χ4v) is 3.07. The third-order valence-electron chi connectivity index (χ3n) is 4.22. The second-order valence-electron chi connectivity index (χ2n) is 5.38. The molecule has 0 saturated carbocycles. The zero-order valence-corrected chi connectivity index (χ0v) is 11.2. The van der Waals surface area contributed by atoms with E-state index in [1.165, 1.54) is 37.8 Å². The molecule has 1 fully saturated rings. The molecule has 0 aromatic heterocycles. The maximum atomic E-state index is 3.73. The van der Waals surface area contributed by atoms with Gasteiger partial charge in [-0.05, 0) is 30.9 Å².